The molecular weight excluding hydrogens is 316 g/mol. The van der Waals surface area contributed by atoms with E-state index in [4.69, 9.17) is 0 Å². The molecule has 2 atom stereocenters. The number of hydrogen-bond acceptors (Lipinski definition) is 5. The lowest BCUT2D eigenvalue weighted by molar-refractivity contribution is -0.120. The number of carbonyl (C=O) groups excluding carboxylic acids is 1. The molecule has 0 aromatic carbocycles. The molecule has 1 fully saturated rings. The molecule has 2 unspecified atom stereocenters. The van der Waals surface area contributed by atoms with Crippen LogP contribution in [0.4, 0.5) is 11.6 Å². The second kappa shape index (κ2) is 7.21. The molecule has 0 bridgehead atoms. The van der Waals surface area contributed by atoms with Crippen LogP contribution in [0, 0.1) is 5.92 Å². The highest BCUT2D eigenvalue weighted by atomic mass is 16.2. The van der Waals surface area contributed by atoms with E-state index in [-0.39, 0.29) is 17.9 Å². The van der Waals surface area contributed by atoms with E-state index in [0.717, 1.165) is 50.2 Å². The van der Waals surface area contributed by atoms with Crippen molar-refractivity contribution in [2.45, 2.75) is 57.4 Å². The van der Waals surface area contributed by atoms with Crippen LogP contribution in [0.2, 0.25) is 0 Å². The van der Waals surface area contributed by atoms with Gasteiger partial charge < -0.3 is 10.6 Å². The van der Waals surface area contributed by atoms with Gasteiger partial charge in [-0.3, -0.25) is 14.9 Å². The number of fused-ring (bicyclic) bond motifs is 1. The summed E-state index contributed by atoms with van der Waals surface area (Å²) in [7, 11) is 0. The number of H-pyrrole nitrogens is 1. The maximum Gasteiger partial charge on any atom is 0.228 e. The van der Waals surface area contributed by atoms with Crippen molar-refractivity contribution in [1.29, 1.82) is 0 Å². The molecule has 132 valence electrons. The average Bonchev–Trinajstić information content (AvgIpc) is 3.06. The Morgan fingerprint density at radius 2 is 2.08 bits per heavy atom. The van der Waals surface area contributed by atoms with E-state index in [1.165, 1.54) is 24.1 Å². The van der Waals surface area contributed by atoms with Crippen LogP contribution in [0.3, 0.4) is 0 Å². The third-order valence-corrected chi connectivity index (χ3v) is 5.26. The number of aryl methyl sites for hydroxylation is 1. The molecule has 7 heteroatoms. The minimum Gasteiger partial charge on any atom is -0.366 e. The number of aromatic nitrogens is 4. The number of carbonyl (C=O) groups is 1. The summed E-state index contributed by atoms with van der Waals surface area (Å²) in [5, 5.41) is 13.9. The summed E-state index contributed by atoms with van der Waals surface area (Å²) in [5.74, 6) is 1.61. The zero-order valence-corrected chi connectivity index (χ0v) is 14.3. The van der Waals surface area contributed by atoms with E-state index in [9.17, 15) is 4.79 Å². The fourth-order valence-corrected chi connectivity index (χ4v) is 3.94. The molecule has 25 heavy (non-hydrogen) atoms. The van der Waals surface area contributed by atoms with Crippen molar-refractivity contribution in [2.75, 3.05) is 10.6 Å². The number of aromatic amines is 1. The van der Waals surface area contributed by atoms with Gasteiger partial charge >= 0.3 is 0 Å². The molecule has 4 rings (SSSR count). The maximum atomic E-state index is 12.7. The third kappa shape index (κ3) is 3.65. The van der Waals surface area contributed by atoms with Gasteiger partial charge in [0.05, 0.1) is 6.20 Å². The largest absolute Gasteiger partial charge is 0.366 e. The molecule has 0 saturated heterocycles. The van der Waals surface area contributed by atoms with E-state index in [2.05, 4.69) is 30.8 Å². The Labute approximate surface area is 147 Å². The monoisotopic (exact) mass is 340 g/mol. The minimum absolute atomic E-state index is 0.0128. The molecule has 0 spiro atoms. The molecule has 7 nitrogen and oxygen atoms in total. The molecule has 1 saturated carbocycles. The van der Waals surface area contributed by atoms with E-state index in [1.54, 1.807) is 18.6 Å². The number of nitrogens with zero attached hydrogens (tertiary/aromatic N) is 3. The van der Waals surface area contributed by atoms with Gasteiger partial charge in [-0.2, -0.15) is 5.10 Å². The lowest BCUT2D eigenvalue weighted by Crippen LogP contribution is -2.34. The van der Waals surface area contributed by atoms with Crippen LogP contribution in [0.15, 0.2) is 18.6 Å². The highest BCUT2D eigenvalue weighted by Gasteiger charge is 2.29. The van der Waals surface area contributed by atoms with Crippen molar-refractivity contribution in [2.24, 2.45) is 5.92 Å². The molecule has 2 aromatic rings. The smallest absolute Gasteiger partial charge is 0.228 e. The van der Waals surface area contributed by atoms with E-state index in [1.807, 2.05) is 0 Å². The molecule has 2 aliphatic rings. The second-order valence-electron chi connectivity index (χ2n) is 7.02. The summed E-state index contributed by atoms with van der Waals surface area (Å²) in [6.07, 6.45) is 13.3. The number of hydrogen-bond donors (Lipinski definition) is 3. The van der Waals surface area contributed by atoms with Crippen molar-refractivity contribution in [3.63, 3.8) is 0 Å². The van der Waals surface area contributed by atoms with Crippen molar-refractivity contribution in [3.05, 3.63) is 29.8 Å². The lowest BCUT2D eigenvalue weighted by Gasteiger charge is -2.29. The van der Waals surface area contributed by atoms with Crippen molar-refractivity contribution in [1.82, 2.24) is 20.2 Å². The van der Waals surface area contributed by atoms with Gasteiger partial charge in [-0.25, -0.2) is 4.98 Å². The Morgan fingerprint density at radius 3 is 2.96 bits per heavy atom. The SMILES string of the molecule is O=C(Nc1n[nH]c2c1CCCC2)C1CCCC(Nc2cnccn2)C1. The molecule has 0 aliphatic heterocycles. The first kappa shape index (κ1) is 16.1. The van der Waals surface area contributed by atoms with Crippen LogP contribution in [0.25, 0.3) is 0 Å². The Morgan fingerprint density at radius 1 is 1.16 bits per heavy atom. The summed E-state index contributed by atoms with van der Waals surface area (Å²) in [4.78, 5) is 21.1. The van der Waals surface area contributed by atoms with Crippen LogP contribution >= 0.6 is 0 Å². The maximum absolute atomic E-state index is 12.7. The first-order valence-electron chi connectivity index (χ1n) is 9.19. The standard InChI is InChI=1S/C18H24N6O/c25-18(22-17-14-6-1-2-7-15(14)23-24-17)12-4-3-5-13(10-12)21-16-11-19-8-9-20-16/h8-9,11-13H,1-7,10H2,(H,20,21)(H2,22,23,24,25). The van der Waals surface area contributed by atoms with E-state index < -0.39 is 0 Å². The van der Waals surface area contributed by atoms with Gasteiger partial charge in [0.1, 0.15) is 5.82 Å². The van der Waals surface area contributed by atoms with Crippen LogP contribution in [-0.4, -0.2) is 32.1 Å². The zero-order chi connectivity index (χ0) is 17.1. The third-order valence-electron chi connectivity index (χ3n) is 5.26. The van der Waals surface area contributed by atoms with Crippen molar-refractivity contribution < 1.29 is 4.79 Å². The Hall–Kier alpha value is -2.44. The first-order chi connectivity index (χ1) is 12.3. The van der Waals surface area contributed by atoms with Gasteiger partial charge in [-0.05, 0) is 44.9 Å². The van der Waals surface area contributed by atoms with Crippen molar-refractivity contribution >= 4 is 17.5 Å². The lowest BCUT2D eigenvalue weighted by atomic mass is 9.85. The molecule has 1 amide bonds. The summed E-state index contributed by atoms with van der Waals surface area (Å²) >= 11 is 0. The highest BCUT2D eigenvalue weighted by Crippen LogP contribution is 2.29. The summed E-state index contributed by atoms with van der Waals surface area (Å²) in [5.41, 5.74) is 2.39. The normalized spacial score (nSPS) is 22.9. The quantitative estimate of drug-likeness (QED) is 0.795. The van der Waals surface area contributed by atoms with Crippen molar-refractivity contribution in [3.8, 4) is 0 Å². The van der Waals surface area contributed by atoms with Gasteiger partial charge in [0.2, 0.25) is 5.91 Å². The van der Waals surface area contributed by atoms with Gasteiger partial charge in [0.25, 0.3) is 0 Å². The fraction of sp³-hybridized carbons (Fsp3) is 0.556. The molecule has 0 radical (unpaired) electrons. The Bertz CT molecular complexity index is 728. The second-order valence-corrected chi connectivity index (χ2v) is 7.02. The Kier molecular flexibility index (Phi) is 4.63. The number of amides is 1. The molecule has 3 N–H and O–H groups in total. The number of rotatable bonds is 4. The van der Waals surface area contributed by atoms with Crippen LogP contribution in [0.5, 0.6) is 0 Å². The molecule has 2 aromatic heterocycles. The van der Waals surface area contributed by atoms with E-state index in [0.29, 0.717) is 0 Å². The predicted octanol–water partition coefficient (Wildman–Crippen LogP) is 2.69. The van der Waals surface area contributed by atoms with Gasteiger partial charge in [-0.1, -0.05) is 6.42 Å². The number of nitrogens with one attached hydrogen (secondary N) is 3. The number of anilines is 2. The van der Waals surface area contributed by atoms with Crippen LogP contribution in [-0.2, 0) is 17.6 Å². The minimum atomic E-state index is 0.0128. The highest BCUT2D eigenvalue weighted by molar-refractivity contribution is 5.92. The summed E-state index contributed by atoms with van der Waals surface area (Å²) < 4.78 is 0. The zero-order valence-electron chi connectivity index (χ0n) is 14.3. The fourth-order valence-electron chi connectivity index (χ4n) is 3.94. The van der Waals surface area contributed by atoms with Gasteiger partial charge in [0, 0.05) is 35.6 Å². The van der Waals surface area contributed by atoms with Crippen LogP contribution in [0.1, 0.15) is 49.8 Å². The summed E-state index contributed by atoms with van der Waals surface area (Å²) in [6.45, 7) is 0. The molecule has 2 heterocycles. The van der Waals surface area contributed by atoms with Crippen LogP contribution < -0.4 is 10.6 Å². The first-order valence-corrected chi connectivity index (χ1v) is 9.19. The van der Waals surface area contributed by atoms with Gasteiger partial charge in [0.15, 0.2) is 5.82 Å². The summed E-state index contributed by atoms with van der Waals surface area (Å²) in [6, 6.07) is 0.259. The molecule has 2 aliphatic carbocycles. The van der Waals surface area contributed by atoms with E-state index >= 15 is 0 Å². The predicted molar refractivity (Wildman–Crippen MR) is 95.3 cm³/mol. The Balaban J connectivity index is 1.38. The average molecular weight is 340 g/mol. The topological polar surface area (TPSA) is 95.6 Å². The van der Waals surface area contributed by atoms with Gasteiger partial charge in [-0.15, -0.1) is 0 Å². The molecular formula is C18H24N6O.